The molecule has 0 saturated heterocycles. The van der Waals surface area contributed by atoms with Crippen molar-refractivity contribution < 1.29 is 78.8 Å². The minimum absolute atomic E-state index is 0. The first-order chi connectivity index (χ1) is 3.13. The van der Waals surface area contributed by atoms with Gasteiger partial charge in [0.2, 0.25) is 0 Å². The van der Waals surface area contributed by atoms with Crippen molar-refractivity contribution in [2.75, 3.05) is 0 Å². The van der Waals surface area contributed by atoms with Crippen LogP contribution in [0.4, 0.5) is 0 Å². The quantitative estimate of drug-likeness (QED) is 0.444. The molecular formula is C5H7CsO2. The summed E-state index contributed by atoms with van der Waals surface area (Å²) in [4.78, 5) is 9.62. The summed E-state index contributed by atoms with van der Waals surface area (Å²) in [7, 11) is 0. The van der Waals surface area contributed by atoms with Gasteiger partial charge in [-0.25, -0.2) is 0 Å². The first kappa shape index (κ1) is 12.0. The summed E-state index contributed by atoms with van der Waals surface area (Å²) in [5.41, 5.74) is 0.750. The fraction of sp³-hybridized carbons (Fsp3) is 0.400. The molecule has 0 spiro atoms. The molecule has 0 N–H and O–H groups in total. The van der Waals surface area contributed by atoms with Crippen molar-refractivity contribution in [3.8, 4) is 0 Å². The van der Waals surface area contributed by atoms with Crippen molar-refractivity contribution >= 4 is 5.97 Å². The van der Waals surface area contributed by atoms with Crippen LogP contribution in [-0.4, -0.2) is 5.97 Å². The number of allylic oxidation sites excluding steroid dienone is 1. The van der Waals surface area contributed by atoms with E-state index in [1.807, 2.05) is 0 Å². The van der Waals surface area contributed by atoms with E-state index in [1.54, 1.807) is 13.8 Å². The number of hydrogen-bond donors (Lipinski definition) is 0. The fourth-order valence-corrected chi connectivity index (χ4v) is 0.236. The van der Waals surface area contributed by atoms with E-state index < -0.39 is 5.97 Å². The van der Waals surface area contributed by atoms with Gasteiger partial charge in [-0.05, 0) is 19.9 Å². The van der Waals surface area contributed by atoms with Crippen LogP contribution in [0.5, 0.6) is 0 Å². The third-order valence-electron chi connectivity index (χ3n) is 0.407. The Morgan fingerprint density at radius 3 is 1.88 bits per heavy atom. The average Bonchev–Trinajstić information content (AvgIpc) is 1.27. The molecule has 0 aliphatic carbocycles. The van der Waals surface area contributed by atoms with E-state index in [2.05, 4.69) is 0 Å². The molecule has 8 heavy (non-hydrogen) atoms. The minimum Gasteiger partial charge on any atom is -0.545 e. The molecular weight excluding hydrogens is 225 g/mol. The van der Waals surface area contributed by atoms with Crippen molar-refractivity contribution in [1.82, 2.24) is 0 Å². The molecule has 0 saturated carbocycles. The van der Waals surface area contributed by atoms with Crippen LogP contribution in [0.2, 0.25) is 0 Å². The van der Waals surface area contributed by atoms with Gasteiger partial charge in [-0.15, -0.1) is 0 Å². The monoisotopic (exact) mass is 232 g/mol. The molecule has 0 atom stereocenters. The summed E-state index contributed by atoms with van der Waals surface area (Å²) >= 11 is 0. The molecule has 0 aliphatic rings. The van der Waals surface area contributed by atoms with Gasteiger partial charge in [0, 0.05) is 0 Å². The predicted octanol–water partition coefficient (Wildman–Crippen LogP) is -3.29. The van der Waals surface area contributed by atoms with Crippen molar-refractivity contribution in [2.45, 2.75) is 13.8 Å². The number of rotatable bonds is 1. The van der Waals surface area contributed by atoms with Crippen LogP contribution < -0.4 is 74.0 Å². The Labute approximate surface area is 108 Å². The van der Waals surface area contributed by atoms with Crippen LogP contribution >= 0.6 is 0 Å². The van der Waals surface area contributed by atoms with Gasteiger partial charge in [0.25, 0.3) is 0 Å². The molecule has 0 fully saturated rings. The number of aliphatic carboxylic acids is 1. The van der Waals surface area contributed by atoms with Crippen LogP contribution in [0.3, 0.4) is 0 Å². The molecule has 0 radical (unpaired) electrons. The van der Waals surface area contributed by atoms with Gasteiger partial charge in [-0.1, -0.05) is 5.57 Å². The maximum absolute atomic E-state index is 9.62. The third-order valence-corrected chi connectivity index (χ3v) is 0.407. The summed E-state index contributed by atoms with van der Waals surface area (Å²) in [5.74, 6) is -1.12. The van der Waals surface area contributed by atoms with E-state index in [4.69, 9.17) is 0 Å². The second-order valence-electron chi connectivity index (χ2n) is 1.54. The van der Waals surface area contributed by atoms with Gasteiger partial charge >= 0.3 is 68.9 Å². The van der Waals surface area contributed by atoms with Gasteiger partial charge < -0.3 is 9.90 Å². The number of carbonyl (C=O) groups excluding carboxylic acids is 1. The van der Waals surface area contributed by atoms with Crippen LogP contribution in [-0.2, 0) is 4.79 Å². The van der Waals surface area contributed by atoms with Gasteiger partial charge in [-0.3, -0.25) is 0 Å². The SMILES string of the molecule is CC(C)=CC(=O)[O-].[Cs+]. The van der Waals surface area contributed by atoms with Gasteiger partial charge in [-0.2, -0.15) is 0 Å². The Bertz CT molecular complexity index is 103. The number of carbonyl (C=O) groups is 1. The second kappa shape index (κ2) is 6.38. The van der Waals surface area contributed by atoms with Crippen LogP contribution in [0.1, 0.15) is 13.8 Å². The smallest absolute Gasteiger partial charge is 0.545 e. The fourth-order valence-electron chi connectivity index (χ4n) is 0.236. The average molecular weight is 232 g/mol. The molecule has 40 valence electrons. The van der Waals surface area contributed by atoms with Crippen LogP contribution in [0.25, 0.3) is 0 Å². The number of hydrogen-bond acceptors (Lipinski definition) is 2. The van der Waals surface area contributed by atoms with E-state index in [0.717, 1.165) is 11.6 Å². The molecule has 0 bridgehead atoms. The van der Waals surface area contributed by atoms with E-state index in [-0.39, 0.29) is 68.9 Å². The zero-order valence-corrected chi connectivity index (χ0v) is 11.7. The van der Waals surface area contributed by atoms with Gasteiger partial charge in [0.15, 0.2) is 0 Å². The Balaban J connectivity index is 0. The van der Waals surface area contributed by atoms with Gasteiger partial charge in [0.05, 0.1) is 5.97 Å². The van der Waals surface area contributed by atoms with Gasteiger partial charge in [0.1, 0.15) is 0 Å². The number of carboxylic acid groups (broad SMARTS) is 1. The maximum Gasteiger partial charge on any atom is 1.00 e. The van der Waals surface area contributed by atoms with Crippen molar-refractivity contribution in [3.05, 3.63) is 11.6 Å². The van der Waals surface area contributed by atoms with Crippen molar-refractivity contribution in [1.29, 1.82) is 0 Å². The molecule has 0 aromatic carbocycles. The van der Waals surface area contributed by atoms with E-state index in [0.29, 0.717) is 0 Å². The van der Waals surface area contributed by atoms with Crippen molar-refractivity contribution in [3.63, 3.8) is 0 Å². The molecule has 0 aromatic heterocycles. The minimum atomic E-state index is -1.12. The molecule has 0 aromatic rings. The summed E-state index contributed by atoms with van der Waals surface area (Å²) in [5, 5.41) is 9.62. The zero-order valence-electron chi connectivity index (χ0n) is 5.39. The summed E-state index contributed by atoms with van der Waals surface area (Å²) < 4.78 is 0. The Morgan fingerprint density at radius 2 is 1.88 bits per heavy atom. The Hall–Kier alpha value is 1.26. The van der Waals surface area contributed by atoms with E-state index in [9.17, 15) is 9.90 Å². The summed E-state index contributed by atoms with van der Waals surface area (Å²) in [6, 6.07) is 0. The topological polar surface area (TPSA) is 40.1 Å². The standard InChI is InChI=1S/C5H8O2.Cs/c1-4(2)3-5(6)7;/h3H,1-2H3,(H,6,7);/q;+1/p-1. The Kier molecular flexibility index (Phi) is 9.57. The van der Waals surface area contributed by atoms with Crippen LogP contribution in [0.15, 0.2) is 11.6 Å². The molecule has 3 heteroatoms. The first-order valence-corrected chi connectivity index (χ1v) is 1.99. The third kappa shape index (κ3) is 10.3. The Morgan fingerprint density at radius 1 is 1.50 bits per heavy atom. The summed E-state index contributed by atoms with van der Waals surface area (Å²) in [6.07, 6.45) is 1.06. The maximum atomic E-state index is 9.62. The van der Waals surface area contributed by atoms with E-state index in [1.165, 1.54) is 0 Å². The second-order valence-corrected chi connectivity index (χ2v) is 1.54. The van der Waals surface area contributed by atoms with Crippen LogP contribution in [0, 0.1) is 0 Å². The largest absolute Gasteiger partial charge is 1.00 e. The molecule has 0 rings (SSSR count). The number of carboxylic acids is 1. The zero-order chi connectivity index (χ0) is 5.86. The predicted molar refractivity (Wildman–Crippen MR) is 24.4 cm³/mol. The normalized spacial score (nSPS) is 6.75. The van der Waals surface area contributed by atoms with Crippen molar-refractivity contribution in [2.24, 2.45) is 0 Å². The molecule has 0 heterocycles. The molecule has 0 unspecified atom stereocenters. The molecule has 2 nitrogen and oxygen atoms in total. The first-order valence-electron chi connectivity index (χ1n) is 1.99. The molecule has 0 aliphatic heterocycles. The molecule has 0 amide bonds. The summed E-state index contributed by atoms with van der Waals surface area (Å²) in [6.45, 7) is 3.41. The van der Waals surface area contributed by atoms with E-state index >= 15 is 0 Å².